The molecule has 0 amide bonds. The number of rotatable bonds is 0. The number of hydrogen-bond donors (Lipinski definition) is 0. The first kappa shape index (κ1) is 8.31. The molecule has 4 heteroatoms. The predicted molar refractivity (Wildman–Crippen MR) is 58.4 cm³/mol. The predicted octanol–water partition coefficient (Wildman–Crippen LogP) is 2.83. The van der Waals surface area contributed by atoms with Crippen LogP contribution in [0.25, 0.3) is 11.0 Å². The van der Waals surface area contributed by atoms with Gasteiger partial charge >= 0.3 is 0 Å². The molecule has 0 radical (unpaired) electrons. The molecule has 0 N–H and O–H groups in total. The molecule has 0 unspecified atom stereocenters. The van der Waals surface area contributed by atoms with Gasteiger partial charge in [-0.25, -0.2) is 4.98 Å². The third-order valence-electron chi connectivity index (χ3n) is 1.74. The molecule has 0 saturated carbocycles. The summed E-state index contributed by atoms with van der Waals surface area (Å²) >= 11 is 8.06. The van der Waals surface area contributed by atoms with E-state index in [0.717, 1.165) is 11.0 Å². The lowest BCUT2D eigenvalue weighted by Crippen LogP contribution is -1.86. The number of pyridine rings is 1. The number of hydrogen-bond acceptors (Lipinski definition) is 1. The van der Waals surface area contributed by atoms with Gasteiger partial charge in [-0.15, -0.1) is 0 Å². The quantitative estimate of drug-likeness (QED) is 0.539. The zero-order valence-corrected chi connectivity index (χ0v) is 9.30. The molecular weight excluding hydrogens is 286 g/mol. The lowest BCUT2D eigenvalue weighted by Gasteiger charge is -1.94. The van der Waals surface area contributed by atoms with Crippen LogP contribution in [-0.4, -0.2) is 9.55 Å². The van der Waals surface area contributed by atoms with E-state index >= 15 is 0 Å². The van der Waals surface area contributed by atoms with E-state index in [-0.39, 0.29) is 0 Å². The number of halogens is 2. The standard InChI is InChI=1S/C8H6ClIN2/c1-12-4-6(10)5-2-3-7(9)11-8(5)12/h2-4H,1H3. The molecule has 2 aromatic rings. The lowest BCUT2D eigenvalue weighted by atomic mass is 10.3. The van der Waals surface area contributed by atoms with E-state index in [2.05, 4.69) is 27.6 Å². The van der Waals surface area contributed by atoms with Crippen molar-refractivity contribution in [3.63, 3.8) is 0 Å². The minimum Gasteiger partial charge on any atom is -0.334 e. The fourth-order valence-corrected chi connectivity index (χ4v) is 2.16. The van der Waals surface area contributed by atoms with Crippen LogP contribution < -0.4 is 0 Å². The summed E-state index contributed by atoms with van der Waals surface area (Å²) in [5, 5.41) is 1.70. The molecule has 0 bridgehead atoms. The molecule has 0 aromatic carbocycles. The summed E-state index contributed by atoms with van der Waals surface area (Å²) in [6.45, 7) is 0. The Kier molecular flexibility index (Phi) is 2.00. The second-order valence-corrected chi connectivity index (χ2v) is 4.14. The van der Waals surface area contributed by atoms with Crippen molar-refractivity contribution in [1.82, 2.24) is 9.55 Å². The van der Waals surface area contributed by atoms with Crippen LogP contribution in [0.3, 0.4) is 0 Å². The first-order valence-corrected chi connectivity index (χ1v) is 4.91. The van der Waals surface area contributed by atoms with Crippen molar-refractivity contribution < 1.29 is 0 Å². The third-order valence-corrected chi connectivity index (χ3v) is 2.81. The van der Waals surface area contributed by atoms with Crippen molar-refractivity contribution >= 4 is 45.2 Å². The Bertz CT molecular complexity index is 436. The summed E-state index contributed by atoms with van der Waals surface area (Å²) in [4.78, 5) is 4.22. The summed E-state index contributed by atoms with van der Waals surface area (Å²) in [6, 6.07) is 3.80. The molecule has 0 aliphatic heterocycles. The summed E-state index contributed by atoms with van der Waals surface area (Å²) in [5.41, 5.74) is 0.937. The highest BCUT2D eigenvalue weighted by atomic mass is 127. The molecule has 2 rings (SSSR count). The van der Waals surface area contributed by atoms with Gasteiger partial charge in [-0.1, -0.05) is 11.6 Å². The van der Waals surface area contributed by atoms with Gasteiger partial charge < -0.3 is 4.57 Å². The van der Waals surface area contributed by atoms with Crippen molar-refractivity contribution in [2.45, 2.75) is 0 Å². The van der Waals surface area contributed by atoms with Crippen molar-refractivity contribution in [2.24, 2.45) is 7.05 Å². The average molecular weight is 293 g/mol. The second-order valence-electron chi connectivity index (χ2n) is 2.59. The molecule has 12 heavy (non-hydrogen) atoms. The zero-order valence-electron chi connectivity index (χ0n) is 6.38. The molecule has 2 aromatic heterocycles. The number of aromatic nitrogens is 2. The van der Waals surface area contributed by atoms with Crippen LogP contribution in [0.1, 0.15) is 0 Å². The molecule has 62 valence electrons. The first-order valence-electron chi connectivity index (χ1n) is 3.45. The van der Waals surface area contributed by atoms with Crippen LogP contribution in [0.2, 0.25) is 5.15 Å². The Morgan fingerprint density at radius 3 is 3.00 bits per heavy atom. The summed E-state index contributed by atoms with van der Waals surface area (Å²) < 4.78 is 3.18. The Balaban J connectivity index is 2.90. The molecule has 2 nitrogen and oxygen atoms in total. The van der Waals surface area contributed by atoms with Crippen LogP contribution >= 0.6 is 34.2 Å². The van der Waals surface area contributed by atoms with Crippen molar-refractivity contribution in [2.75, 3.05) is 0 Å². The van der Waals surface area contributed by atoms with E-state index in [9.17, 15) is 0 Å². The Morgan fingerprint density at radius 1 is 1.50 bits per heavy atom. The molecule has 0 aliphatic rings. The normalized spacial score (nSPS) is 10.9. The van der Waals surface area contributed by atoms with E-state index in [0.29, 0.717) is 5.15 Å². The van der Waals surface area contributed by atoms with Gasteiger partial charge in [0.05, 0.1) is 0 Å². The molecule has 0 saturated heterocycles. The molecule has 0 spiro atoms. The molecule has 0 aliphatic carbocycles. The first-order chi connectivity index (χ1) is 5.68. The largest absolute Gasteiger partial charge is 0.334 e. The van der Waals surface area contributed by atoms with Gasteiger partial charge in [0, 0.05) is 22.2 Å². The van der Waals surface area contributed by atoms with Crippen molar-refractivity contribution in [1.29, 1.82) is 0 Å². The Labute approximate surface area is 88.7 Å². The highest BCUT2D eigenvalue weighted by Gasteiger charge is 2.04. The minimum absolute atomic E-state index is 0.542. The molecular formula is C8H6ClIN2. The van der Waals surface area contributed by atoms with E-state index < -0.39 is 0 Å². The van der Waals surface area contributed by atoms with Gasteiger partial charge in [-0.05, 0) is 34.7 Å². The Hall–Kier alpha value is -0.290. The van der Waals surface area contributed by atoms with Crippen molar-refractivity contribution in [3.05, 3.63) is 27.1 Å². The van der Waals surface area contributed by atoms with Crippen molar-refractivity contribution in [3.8, 4) is 0 Å². The third kappa shape index (κ3) is 1.21. The van der Waals surface area contributed by atoms with Gasteiger partial charge in [-0.3, -0.25) is 0 Å². The van der Waals surface area contributed by atoms with Gasteiger partial charge in [0.1, 0.15) is 10.8 Å². The smallest absolute Gasteiger partial charge is 0.142 e. The van der Waals surface area contributed by atoms with Gasteiger partial charge in [0.2, 0.25) is 0 Å². The van der Waals surface area contributed by atoms with Crippen LogP contribution in [0, 0.1) is 3.57 Å². The molecule has 0 atom stereocenters. The molecule has 0 fully saturated rings. The van der Waals surface area contributed by atoms with E-state index in [1.54, 1.807) is 0 Å². The molecule has 2 heterocycles. The number of fused-ring (bicyclic) bond motifs is 1. The summed E-state index contributed by atoms with van der Waals surface area (Å²) in [7, 11) is 1.97. The van der Waals surface area contributed by atoms with Crippen LogP contribution in [0.5, 0.6) is 0 Å². The van der Waals surface area contributed by atoms with E-state index in [4.69, 9.17) is 11.6 Å². The fraction of sp³-hybridized carbons (Fsp3) is 0.125. The van der Waals surface area contributed by atoms with Crippen LogP contribution in [0.4, 0.5) is 0 Å². The van der Waals surface area contributed by atoms with E-state index in [1.165, 1.54) is 3.57 Å². The topological polar surface area (TPSA) is 17.8 Å². The lowest BCUT2D eigenvalue weighted by molar-refractivity contribution is 0.946. The highest BCUT2D eigenvalue weighted by Crippen LogP contribution is 2.21. The van der Waals surface area contributed by atoms with Gasteiger partial charge in [0.25, 0.3) is 0 Å². The monoisotopic (exact) mass is 292 g/mol. The Morgan fingerprint density at radius 2 is 2.25 bits per heavy atom. The second kappa shape index (κ2) is 2.88. The average Bonchev–Trinajstić information content (AvgIpc) is 2.28. The minimum atomic E-state index is 0.542. The zero-order chi connectivity index (χ0) is 8.72. The van der Waals surface area contributed by atoms with Crippen LogP contribution in [-0.2, 0) is 7.05 Å². The SMILES string of the molecule is Cn1cc(I)c2ccc(Cl)nc21. The van der Waals surface area contributed by atoms with E-state index in [1.807, 2.05) is 29.9 Å². The fourth-order valence-electron chi connectivity index (χ4n) is 1.18. The summed E-state index contributed by atoms with van der Waals surface area (Å²) in [6.07, 6.45) is 2.04. The maximum Gasteiger partial charge on any atom is 0.142 e. The van der Waals surface area contributed by atoms with Gasteiger partial charge in [0.15, 0.2) is 0 Å². The maximum absolute atomic E-state index is 5.77. The van der Waals surface area contributed by atoms with Gasteiger partial charge in [-0.2, -0.15) is 0 Å². The highest BCUT2D eigenvalue weighted by molar-refractivity contribution is 14.1. The number of aryl methyl sites for hydroxylation is 1. The van der Waals surface area contributed by atoms with Crippen LogP contribution in [0.15, 0.2) is 18.3 Å². The maximum atomic E-state index is 5.77. The summed E-state index contributed by atoms with van der Waals surface area (Å²) in [5.74, 6) is 0. The number of nitrogens with zero attached hydrogens (tertiary/aromatic N) is 2.